The summed E-state index contributed by atoms with van der Waals surface area (Å²) in [6, 6.07) is 7.39. The van der Waals surface area contributed by atoms with Crippen molar-refractivity contribution in [3.05, 3.63) is 42.2 Å². The van der Waals surface area contributed by atoms with Gasteiger partial charge in [-0.2, -0.15) is 0 Å². The minimum Gasteiger partial charge on any atom is -0.482 e. The average molecular weight is 342 g/mol. The molecule has 5 heteroatoms. The second-order valence-corrected chi connectivity index (χ2v) is 5.91. The summed E-state index contributed by atoms with van der Waals surface area (Å²) in [6.07, 6.45) is 9.23. The van der Waals surface area contributed by atoms with Crippen LogP contribution in [-0.2, 0) is 16.0 Å². The number of ether oxygens (including phenoxy) is 2. The van der Waals surface area contributed by atoms with Gasteiger partial charge in [-0.15, -0.1) is 0 Å². The number of hydrogen-bond acceptors (Lipinski definition) is 5. The summed E-state index contributed by atoms with van der Waals surface area (Å²) >= 11 is 0. The van der Waals surface area contributed by atoms with Crippen LogP contribution in [0.4, 0.5) is 0 Å². The summed E-state index contributed by atoms with van der Waals surface area (Å²) < 4.78 is 10.4. The van der Waals surface area contributed by atoms with Gasteiger partial charge >= 0.3 is 5.97 Å². The number of benzene rings is 1. The van der Waals surface area contributed by atoms with Crippen molar-refractivity contribution in [2.75, 3.05) is 13.2 Å². The Labute approximate surface area is 149 Å². The maximum atomic E-state index is 11.4. The minimum atomic E-state index is -0.354. The zero-order valence-electron chi connectivity index (χ0n) is 15.0. The Kier molecular flexibility index (Phi) is 7.89. The maximum Gasteiger partial charge on any atom is 0.344 e. The molecule has 0 aliphatic rings. The molecule has 1 aromatic carbocycles. The molecule has 0 saturated heterocycles. The highest BCUT2D eigenvalue weighted by Crippen LogP contribution is 2.19. The van der Waals surface area contributed by atoms with Crippen LogP contribution in [0.25, 0.3) is 11.4 Å². The predicted molar refractivity (Wildman–Crippen MR) is 97.4 cm³/mol. The van der Waals surface area contributed by atoms with E-state index in [9.17, 15) is 4.79 Å². The number of rotatable bonds is 10. The Morgan fingerprint density at radius 2 is 1.72 bits per heavy atom. The van der Waals surface area contributed by atoms with E-state index in [-0.39, 0.29) is 12.6 Å². The molecule has 2 aromatic rings. The van der Waals surface area contributed by atoms with E-state index in [1.165, 1.54) is 24.8 Å². The van der Waals surface area contributed by atoms with Crippen LogP contribution in [0.15, 0.2) is 36.7 Å². The maximum absolute atomic E-state index is 11.4. The van der Waals surface area contributed by atoms with E-state index < -0.39 is 0 Å². The number of unbranched alkanes of at least 4 members (excludes halogenated alkanes) is 2. The fourth-order valence-corrected chi connectivity index (χ4v) is 2.31. The lowest BCUT2D eigenvalue weighted by Gasteiger charge is -2.07. The fourth-order valence-electron chi connectivity index (χ4n) is 2.31. The number of esters is 1. The van der Waals surface area contributed by atoms with Gasteiger partial charge in [-0.25, -0.2) is 14.8 Å². The first-order valence-corrected chi connectivity index (χ1v) is 8.92. The Bertz CT molecular complexity index is 639. The van der Waals surface area contributed by atoms with Crippen LogP contribution in [0.3, 0.4) is 0 Å². The van der Waals surface area contributed by atoms with Crippen LogP contribution >= 0.6 is 0 Å². The Hall–Kier alpha value is -2.43. The Morgan fingerprint density at radius 3 is 2.36 bits per heavy atom. The first-order valence-electron chi connectivity index (χ1n) is 8.92. The van der Waals surface area contributed by atoms with Crippen LogP contribution < -0.4 is 4.74 Å². The average Bonchev–Trinajstić information content (AvgIpc) is 2.66. The van der Waals surface area contributed by atoms with E-state index in [0.717, 1.165) is 18.4 Å². The molecule has 0 fully saturated rings. The number of hydrogen-bond donors (Lipinski definition) is 0. The van der Waals surface area contributed by atoms with Gasteiger partial charge in [0.25, 0.3) is 0 Å². The lowest BCUT2D eigenvalue weighted by Crippen LogP contribution is -2.15. The molecule has 0 N–H and O–H groups in total. The zero-order valence-corrected chi connectivity index (χ0v) is 15.0. The zero-order chi connectivity index (χ0) is 17.9. The highest BCUT2D eigenvalue weighted by atomic mass is 16.6. The topological polar surface area (TPSA) is 61.3 Å². The molecule has 25 heavy (non-hydrogen) atoms. The molecule has 0 saturated carbocycles. The summed E-state index contributed by atoms with van der Waals surface area (Å²) in [5.41, 5.74) is 2.09. The first-order chi connectivity index (χ1) is 12.2. The largest absolute Gasteiger partial charge is 0.482 e. The van der Waals surface area contributed by atoms with Crippen molar-refractivity contribution in [3.8, 4) is 17.1 Å². The molecule has 1 heterocycles. The van der Waals surface area contributed by atoms with Crippen molar-refractivity contribution in [3.63, 3.8) is 0 Å². The van der Waals surface area contributed by atoms with E-state index in [4.69, 9.17) is 9.47 Å². The molecular formula is C20H26N2O3. The van der Waals surface area contributed by atoms with Crippen LogP contribution in [0.2, 0.25) is 0 Å². The third-order valence-electron chi connectivity index (χ3n) is 3.71. The van der Waals surface area contributed by atoms with Gasteiger partial charge in [0, 0.05) is 18.0 Å². The lowest BCUT2D eigenvalue weighted by molar-refractivity contribution is -0.146. The smallest absolute Gasteiger partial charge is 0.344 e. The van der Waals surface area contributed by atoms with E-state index in [0.29, 0.717) is 18.2 Å². The number of carbonyl (C=O) groups excluding carboxylic acids is 1. The molecule has 0 unspecified atom stereocenters. The van der Waals surface area contributed by atoms with Crippen molar-refractivity contribution in [1.29, 1.82) is 0 Å². The summed E-state index contributed by atoms with van der Waals surface area (Å²) in [7, 11) is 0. The molecule has 0 aliphatic carbocycles. The van der Waals surface area contributed by atoms with Crippen molar-refractivity contribution in [2.24, 2.45) is 0 Å². The second kappa shape index (κ2) is 10.4. The molecule has 0 amide bonds. The summed E-state index contributed by atoms with van der Waals surface area (Å²) in [6.45, 7) is 4.49. The number of aromatic nitrogens is 2. The predicted octanol–water partition coefficient (Wildman–Crippen LogP) is 4.21. The molecule has 2 rings (SSSR count). The number of aryl methyl sites for hydroxylation is 1. The second-order valence-electron chi connectivity index (χ2n) is 5.91. The van der Waals surface area contributed by atoms with Crippen molar-refractivity contribution >= 4 is 5.97 Å². The molecule has 134 valence electrons. The SMILES string of the molecule is CCCCCc1cnc(-c2ccc(OCC(=O)OCCC)cc2)nc1. The van der Waals surface area contributed by atoms with Gasteiger partial charge < -0.3 is 9.47 Å². The lowest BCUT2D eigenvalue weighted by atomic mass is 10.1. The van der Waals surface area contributed by atoms with E-state index in [1.54, 1.807) is 12.1 Å². The van der Waals surface area contributed by atoms with Crippen molar-refractivity contribution < 1.29 is 14.3 Å². The van der Waals surface area contributed by atoms with Gasteiger partial charge in [0.2, 0.25) is 0 Å². The fraction of sp³-hybridized carbons (Fsp3) is 0.450. The number of nitrogens with zero attached hydrogens (tertiary/aromatic N) is 2. The van der Waals surface area contributed by atoms with E-state index >= 15 is 0 Å². The van der Waals surface area contributed by atoms with Crippen molar-refractivity contribution in [2.45, 2.75) is 46.0 Å². The van der Waals surface area contributed by atoms with Gasteiger partial charge in [0.15, 0.2) is 12.4 Å². The standard InChI is InChI=1S/C20H26N2O3/c1-3-5-6-7-16-13-21-20(22-14-16)17-8-10-18(11-9-17)25-15-19(23)24-12-4-2/h8-11,13-14H,3-7,12,15H2,1-2H3. The third-order valence-corrected chi connectivity index (χ3v) is 3.71. The normalized spacial score (nSPS) is 10.5. The van der Waals surface area contributed by atoms with Crippen LogP contribution in [0, 0.1) is 0 Å². The molecule has 5 nitrogen and oxygen atoms in total. The monoisotopic (exact) mass is 342 g/mol. The third kappa shape index (κ3) is 6.53. The van der Waals surface area contributed by atoms with Gasteiger partial charge in [-0.3, -0.25) is 0 Å². The van der Waals surface area contributed by atoms with Gasteiger partial charge in [-0.05, 0) is 49.1 Å². The molecule has 0 aliphatic heterocycles. The Balaban J connectivity index is 1.87. The molecule has 0 bridgehead atoms. The Morgan fingerprint density at radius 1 is 1.00 bits per heavy atom. The first kappa shape index (κ1) is 18.9. The molecule has 0 atom stereocenters. The van der Waals surface area contributed by atoms with Crippen LogP contribution in [0.1, 0.15) is 45.1 Å². The minimum absolute atomic E-state index is 0.0810. The van der Waals surface area contributed by atoms with Crippen LogP contribution in [-0.4, -0.2) is 29.2 Å². The molecular weight excluding hydrogens is 316 g/mol. The van der Waals surface area contributed by atoms with E-state index in [2.05, 4.69) is 16.9 Å². The van der Waals surface area contributed by atoms with E-state index in [1.807, 2.05) is 31.5 Å². The molecule has 1 aromatic heterocycles. The van der Waals surface area contributed by atoms with Crippen molar-refractivity contribution in [1.82, 2.24) is 9.97 Å². The molecule has 0 radical (unpaired) electrons. The number of carbonyl (C=O) groups is 1. The van der Waals surface area contributed by atoms with Gasteiger partial charge in [0.1, 0.15) is 5.75 Å². The van der Waals surface area contributed by atoms with Gasteiger partial charge in [0.05, 0.1) is 6.61 Å². The summed E-state index contributed by atoms with van der Waals surface area (Å²) in [5.74, 6) is 0.953. The van der Waals surface area contributed by atoms with Crippen LogP contribution in [0.5, 0.6) is 5.75 Å². The molecule has 0 spiro atoms. The van der Waals surface area contributed by atoms with Gasteiger partial charge in [-0.1, -0.05) is 26.7 Å². The summed E-state index contributed by atoms with van der Waals surface area (Å²) in [5, 5.41) is 0. The quantitative estimate of drug-likeness (QED) is 0.478. The summed E-state index contributed by atoms with van der Waals surface area (Å²) in [4.78, 5) is 20.3. The highest BCUT2D eigenvalue weighted by molar-refractivity contribution is 5.71. The highest BCUT2D eigenvalue weighted by Gasteiger charge is 2.05.